The van der Waals surface area contributed by atoms with Gasteiger partial charge in [-0.2, -0.15) is 0 Å². The summed E-state index contributed by atoms with van der Waals surface area (Å²) in [6.07, 6.45) is 1.12. The van der Waals surface area contributed by atoms with E-state index >= 15 is 0 Å². The van der Waals surface area contributed by atoms with Crippen LogP contribution in [-0.2, 0) is 4.74 Å². The summed E-state index contributed by atoms with van der Waals surface area (Å²) >= 11 is 2.28. The summed E-state index contributed by atoms with van der Waals surface area (Å²) in [5, 5.41) is 0. The molecule has 14 heavy (non-hydrogen) atoms. The van der Waals surface area contributed by atoms with Crippen LogP contribution < -0.4 is 4.74 Å². The summed E-state index contributed by atoms with van der Waals surface area (Å²) in [6.45, 7) is 2.79. The molecular formula is C11H15IO2. The molecule has 0 aliphatic carbocycles. The molecule has 2 nitrogen and oxygen atoms in total. The fourth-order valence-electron chi connectivity index (χ4n) is 1.09. The molecule has 3 heteroatoms. The zero-order chi connectivity index (χ0) is 10.4. The van der Waals surface area contributed by atoms with E-state index in [1.807, 2.05) is 24.3 Å². The molecule has 0 heterocycles. The second-order valence-electron chi connectivity index (χ2n) is 3.16. The Balaban J connectivity index is 2.39. The molecule has 0 aliphatic rings. The van der Waals surface area contributed by atoms with Gasteiger partial charge in [-0.25, -0.2) is 0 Å². The highest BCUT2D eigenvalue weighted by Gasteiger charge is 2.02. The van der Waals surface area contributed by atoms with E-state index in [0.29, 0.717) is 0 Å². The number of hydrogen-bond acceptors (Lipinski definition) is 2. The van der Waals surface area contributed by atoms with Crippen molar-refractivity contribution in [1.29, 1.82) is 0 Å². The van der Waals surface area contributed by atoms with Crippen LogP contribution in [0.15, 0.2) is 24.3 Å². The van der Waals surface area contributed by atoms with Crippen LogP contribution in [0.25, 0.3) is 0 Å². The van der Waals surface area contributed by atoms with Crippen LogP contribution in [0.1, 0.15) is 13.3 Å². The van der Waals surface area contributed by atoms with E-state index in [0.717, 1.165) is 18.8 Å². The van der Waals surface area contributed by atoms with Gasteiger partial charge in [0.05, 0.1) is 6.10 Å². The fraction of sp³-hybridized carbons (Fsp3) is 0.455. The number of methoxy groups -OCH3 is 1. The number of ether oxygens (including phenoxy) is 2. The third kappa shape index (κ3) is 4.28. The summed E-state index contributed by atoms with van der Waals surface area (Å²) in [7, 11) is 1.71. The van der Waals surface area contributed by atoms with Gasteiger partial charge in [0, 0.05) is 23.7 Å². The van der Waals surface area contributed by atoms with Crippen LogP contribution in [0, 0.1) is 3.57 Å². The SMILES string of the molecule is COCCC(C)Oc1ccc(I)cc1. The molecule has 0 saturated heterocycles. The molecule has 0 radical (unpaired) electrons. The van der Waals surface area contributed by atoms with Gasteiger partial charge in [0.2, 0.25) is 0 Å². The van der Waals surface area contributed by atoms with Gasteiger partial charge in [0.1, 0.15) is 5.75 Å². The van der Waals surface area contributed by atoms with Gasteiger partial charge in [-0.15, -0.1) is 0 Å². The van der Waals surface area contributed by atoms with E-state index in [1.165, 1.54) is 3.57 Å². The molecule has 1 atom stereocenters. The van der Waals surface area contributed by atoms with Crippen LogP contribution in [0.4, 0.5) is 0 Å². The van der Waals surface area contributed by atoms with Crippen molar-refractivity contribution in [2.75, 3.05) is 13.7 Å². The van der Waals surface area contributed by atoms with Crippen molar-refractivity contribution in [3.05, 3.63) is 27.8 Å². The standard InChI is InChI=1S/C11H15IO2/c1-9(7-8-13-2)14-11-5-3-10(12)4-6-11/h3-6,9H,7-8H2,1-2H3. The van der Waals surface area contributed by atoms with Crippen LogP contribution in [0.3, 0.4) is 0 Å². The smallest absolute Gasteiger partial charge is 0.119 e. The van der Waals surface area contributed by atoms with Crippen molar-refractivity contribution in [3.63, 3.8) is 0 Å². The van der Waals surface area contributed by atoms with E-state index in [1.54, 1.807) is 7.11 Å². The maximum Gasteiger partial charge on any atom is 0.119 e. The Labute approximate surface area is 98.7 Å². The molecule has 1 rings (SSSR count). The van der Waals surface area contributed by atoms with Crippen molar-refractivity contribution in [2.45, 2.75) is 19.4 Å². The third-order valence-corrected chi connectivity index (χ3v) is 2.60. The van der Waals surface area contributed by atoms with Crippen molar-refractivity contribution in [2.24, 2.45) is 0 Å². The fourth-order valence-corrected chi connectivity index (χ4v) is 1.45. The van der Waals surface area contributed by atoms with E-state index in [4.69, 9.17) is 9.47 Å². The quantitative estimate of drug-likeness (QED) is 0.778. The predicted octanol–water partition coefficient (Wildman–Crippen LogP) is 3.10. The van der Waals surface area contributed by atoms with Gasteiger partial charge >= 0.3 is 0 Å². The van der Waals surface area contributed by atoms with Gasteiger partial charge in [0.25, 0.3) is 0 Å². The van der Waals surface area contributed by atoms with E-state index in [9.17, 15) is 0 Å². The maximum atomic E-state index is 5.69. The normalized spacial score (nSPS) is 12.5. The summed E-state index contributed by atoms with van der Waals surface area (Å²) in [5.74, 6) is 0.925. The van der Waals surface area contributed by atoms with Crippen LogP contribution in [-0.4, -0.2) is 19.8 Å². The summed E-state index contributed by atoms with van der Waals surface area (Å²) in [4.78, 5) is 0. The summed E-state index contributed by atoms with van der Waals surface area (Å²) < 4.78 is 11.9. The number of benzene rings is 1. The summed E-state index contributed by atoms with van der Waals surface area (Å²) in [5.41, 5.74) is 0. The van der Waals surface area contributed by atoms with Gasteiger partial charge < -0.3 is 9.47 Å². The zero-order valence-electron chi connectivity index (χ0n) is 8.50. The van der Waals surface area contributed by atoms with E-state index < -0.39 is 0 Å². The lowest BCUT2D eigenvalue weighted by Gasteiger charge is -2.13. The Kier molecular flexibility index (Phi) is 5.25. The Morgan fingerprint density at radius 1 is 1.29 bits per heavy atom. The largest absolute Gasteiger partial charge is 0.491 e. The van der Waals surface area contributed by atoms with Crippen molar-refractivity contribution >= 4 is 22.6 Å². The first kappa shape index (κ1) is 11.8. The van der Waals surface area contributed by atoms with Gasteiger partial charge in [0.15, 0.2) is 0 Å². The average Bonchev–Trinajstić information content (AvgIpc) is 2.18. The lowest BCUT2D eigenvalue weighted by atomic mass is 10.3. The molecule has 0 fully saturated rings. The molecule has 1 aromatic carbocycles. The molecular weight excluding hydrogens is 291 g/mol. The highest BCUT2D eigenvalue weighted by Crippen LogP contribution is 2.15. The molecule has 0 amide bonds. The Hall–Kier alpha value is -0.290. The number of hydrogen-bond donors (Lipinski definition) is 0. The van der Waals surface area contributed by atoms with Crippen LogP contribution in [0.2, 0.25) is 0 Å². The first-order chi connectivity index (χ1) is 6.72. The molecule has 0 saturated carbocycles. The van der Waals surface area contributed by atoms with Gasteiger partial charge in [-0.3, -0.25) is 0 Å². The van der Waals surface area contributed by atoms with Crippen LogP contribution >= 0.6 is 22.6 Å². The lowest BCUT2D eigenvalue weighted by Crippen LogP contribution is -2.14. The Morgan fingerprint density at radius 3 is 2.50 bits per heavy atom. The second kappa shape index (κ2) is 6.24. The van der Waals surface area contributed by atoms with Crippen LogP contribution in [0.5, 0.6) is 5.75 Å². The monoisotopic (exact) mass is 306 g/mol. The van der Waals surface area contributed by atoms with Crippen molar-refractivity contribution in [1.82, 2.24) is 0 Å². The molecule has 0 bridgehead atoms. The maximum absolute atomic E-state index is 5.69. The van der Waals surface area contributed by atoms with Crippen molar-refractivity contribution < 1.29 is 9.47 Å². The second-order valence-corrected chi connectivity index (χ2v) is 4.41. The van der Waals surface area contributed by atoms with Crippen molar-refractivity contribution in [3.8, 4) is 5.75 Å². The molecule has 1 aromatic rings. The number of rotatable bonds is 5. The Bertz CT molecular complexity index is 258. The molecule has 0 aliphatic heterocycles. The zero-order valence-corrected chi connectivity index (χ0v) is 10.7. The lowest BCUT2D eigenvalue weighted by molar-refractivity contribution is 0.135. The minimum atomic E-state index is 0.204. The third-order valence-electron chi connectivity index (χ3n) is 1.88. The van der Waals surface area contributed by atoms with Gasteiger partial charge in [-0.1, -0.05) is 0 Å². The molecule has 0 spiro atoms. The van der Waals surface area contributed by atoms with Gasteiger partial charge in [-0.05, 0) is 53.8 Å². The van der Waals surface area contributed by atoms with E-state index in [-0.39, 0.29) is 6.10 Å². The first-order valence-corrected chi connectivity index (χ1v) is 5.71. The minimum absolute atomic E-state index is 0.204. The Morgan fingerprint density at radius 2 is 1.93 bits per heavy atom. The highest BCUT2D eigenvalue weighted by molar-refractivity contribution is 14.1. The number of halogens is 1. The molecule has 1 unspecified atom stereocenters. The average molecular weight is 306 g/mol. The first-order valence-electron chi connectivity index (χ1n) is 4.63. The molecule has 0 N–H and O–H groups in total. The topological polar surface area (TPSA) is 18.5 Å². The van der Waals surface area contributed by atoms with E-state index in [2.05, 4.69) is 29.5 Å². The molecule has 78 valence electrons. The predicted molar refractivity (Wildman–Crippen MR) is 65.7 cm³/mol. The highest BCUT2D eigenvalue weighted by atomic mass is 127. The molecule has 0 aromatic heterocycles. The minimum Gasteiger partial charge on any atom is -0.491 e. The summed E-state index contributed by atoms with van der Waals surface area (Å²) in [6, 6.07) is 8.06.